The molecular formula is C14H20O3. The zero-order valence-electron chi connectivity index (χ0n) is 11.2. The van der Waals surface area contributed by atoms with Crippen LogP contribution in [-0.2, 0) is 10.2 Å². The Morgan fingerprint density at radius 1 is 1.18 bits per heavy atom. The highest BCUT2D eigenvalue weighted by molar-refractivity contribution is 5.77. The van der Waals surface area contributed by atoms with Crippen molar-refractivity contribution in [3.8, 4) is 11.5 Å². The van der Waals surface area contributed by atoms with Crippen molar-refractivity contribution in [1.29, 1.82) is 0 Å². The van der Waals surface area contributed by atoms with Gasteiger partial charge in [0.2, 0.25) is 0 Å². The molecule has 0 N–H and O–H groups in total. The first kappa shape index (κ1) is 13.6. The number of hydrogen-bond acceptors (Lipinski definition) is 3. The van der Waals surface area contributed by atoms with Crippen LogP contribution in [0.1, 0.15) is 32.8 Å². The Kier molecular flexibility index (Phi) is 4.16. The van der Waals surface area contributed by atoms with Gasteiger partial charge >= 0.3 is 0 Å². The van der Waals surface area contributed by atoms with Crippen LogP contribution in [0.5, 0.6) is 11.5 Å². The van der Waals surface area contributed by atoms with Gasteiger partial charge in [0.1, 0.15) is 5.78 Å². The molecule has 17 heavy (non-hydrogen) atoms. The molecule has 1 rings (SSSR count). The summed E-state index contributed by atoms with van der Waals surface area (Å²) in [6.07, 6.45) is 0.516. The van der Waals surface area contributed by atoms with Gasteiger partial charge in [-0.2, -0.15) is 0 Å². The normalized spacial score (nSPS) is 11.1. The van der Waals surface area contributed by atoms with Crippen LogP contribution in [0.3, 0.4) is 0 Å². The van der Waals surface area contributed by atoms with Gasteiger partial charge in [-0.05, 0) is 30.0 Å². The van der Waals surface area contributed by atoms with E-state index in [1.54, 1.807) is 21.1 Å². The molecule has 0 aliphatic carbocycles. The number of methoxy groups -OCH3 is 2. The molecule has 0 heterocycles. The fourth-order valence-corrected chi connectivity index (χ4v) is 1.98. The van der Waals surface area contributed by atoms with Crippen molar-refractivity contribution >= 4 is 5.78 Å². The summed E-state index contributed by atoms with van der Waals surface area (Å²) < 4.78 is 10.5. The van der Waals surface area contributed by atoms with E-state index in [0.29, 0.717) is 17.9 Å². The van der Waals surface area contributed by atoms with Crippen molar-refractivity contribution in [1.82, 2.24) is 0 Å². The van der Waals surface area contributed by atoms with Crippen molar-refractivity contribution in [2.45, 2.75) is 32.6 Å². The maximum absolute atomic E-state index is 11.3. The Balaban J connectivity index is 3.10. The molecule has 3 heteroatoms. The molecule has 1 aromatic rings. The quantitative estimate of drug-likeness (QED) is 0.788. The van der Waals surface area contributed by atoms with Gasteiger partial charge in [-0.15, -0.1) is 0 Å². The lowest BCUT2D eigenvalue weighted by molar-refractivity contribution is -0.118. The highest BCUT2D eigenvalue weighted by Gasteiger charge is 2.23. The van der Waals surface area contributed by atoms with Gasteiger partial charge in [0.25, 0.3) is 0 Å². The van der Waals surface area contributed by atoms with E-state index in [9.17, 15) is 4.79 Å². The van der Waals surface area contributed by atoms with Crippen LogP contribution in [0.15, 0.2) is 18.2 Å². The molecule has 3 nitrogen and oxygen atoms in total. The second-order valence-corrected chi connectivity index (χ2v) is 4.83. The summed E-state index contributed by atoms with van der Waals surface area (Å²) in [5.41, 5.74) is 0.885. The van der Waals surface area contributed by atoms with Crippen LogP contribution < -0.4 is 9.47 Å². The van der Waals surface area contributed by atoms with E-state index in [0.717, 1.165) is 5.56 Å². The fraction of sp³-hybridized carbons (Fsp3) is 0.500. The highest BCUT2D eigenvalue weighted by atomic mass is 16.5. The maximum atomic E-state index is 11.3. The predicted octanol–water partition coefficient (Wildman–Crippen LogP) is 2.96. The third kappa shape index (κ3) is 3.22. The topological polar surface area (TPSA) is 35.5 Å². The number of hydrogen-bond donors (Lipinski definition) is 0. The molecule has 0 fully saturated rings. The molecule has 1 aromatic carbocycles. The molecule has 0 atom stereocenters. The van der Waals surface area contributed by atoms with Crippen molar-refractivity contribution in [3.05, 3.63) is 23.8 Å². The van der Waals surface area contributed by atoms with Gasteiger partial charge in [-0.1, -0.05) is 19.9 Å². The van der Waals surface area contributed by atoms with Crippen molar-refractivity contribution in [2.75, 3.05) is 14.2 Å². The van der Waals surface area contributed by atoms with Gasteiger partial charge in [0, 0.05) is 6.42 Å². The Hall–Kier alpha value is -1.51. The van der Waals surface area contributed by atoms with Crippen LogP contribution in [-0.4, -0.2) is 20.0 Å². The molecule has 0 saturated carbocycles. The molecule has 0 unspecified atom stereocenters. The van der Waals surface area contributed by atoms with Gasteiger partial charge in [0.15, 0.2) is 11.5 Å². The van der Waals surface area contributed by atoms with Crippen LogP contribution in [0, 0.1) is 0 Å². The lowest BCUT2D eigenvalue weighted by atomic mass is 9.80. The molecule has 0 saturated heterocycles. The summed E-state index contributed by atoms with van der Waals surface area (Å²) >= 11 is 0. The standard InChI is InChI=1S/C14H20O3/c1-10(15)9-14(2,3)11-6-7-12(16-4)13(8-11)17-5/h6-8H,9H2,1-5H3. The van der Waals surface area contributed by atoms with E-state index in [4.69, 9.17) is 9.47 Å². The number of Topliss-reactive ketones (excluding diaryl/α,β-unsaturated/α-hetero) is 1. The highest BCUT2D eigenvalue weighted by Crippen LogP contribution is 2.34. The van der Waals surface area contributed by atoms with Gasteiger partial charge in [-0.3, -0.25) is 4.79 Å². The molecule has 0 amide bonds. The summed E-state index contributed by atoms with van der Waals surface area (Å²) in [4.78, 5) is 11.3. The molecule has 94 valence electrons. The van der Waals surface area contributed by atoms with Crippen LogP contribution in [0.25, 0.3) is 0 Å². The number of carbonyl (C=O) groups is 1. The monoisotopic (exact) mass is 236 g/mol. The summed E-state index contributed by atoms with van der Waals surface area (Å²) in [6.45, 7) is 5.72. The van der Waals surface area contributed by atoms with Gasteiger partial charge in [-0.25, -0.2) is 0 Å². The molecule has 0 aromatic heterocycles. The van der Waals surface area contributed by atoms with E-state index in [2.05, 4.69) is 13.8 Å². The van der Waals surface area contributed by atoms with Crippen LogP contribution in [0.4, 0.5) is 0 Å². The van der Waals surface area contributed by atoms with Gasteiger partial charge < -0.3 is 9.47 Å². The summed E-state index contributed by atoms with van der Waals surface area (Å²) in [5, 5.41) is 0. The lowest BCUT2D eigenvalue weighted by Gasteiger charge is -2.24. The number of rotatable bonds is 5. The van der Waals surface area contributed by atoms with Crippen LogP contribution in [0.2, 0.25) is 0 Å². The minimum absolute atomic E-state index is 0.185. The third-order valence-corrected chi connectivity index (χ3v) is 2.86. The SMILES string of the molecule is COc1ccc(C(C)(C)CC(C)=O)cc1OC. The summed E-state index contributed by atoms with van der Waals surface area (Å²) in [7, 11) is 3.22. The van der Waals surface area contributed by atoms with E-state index in [1.165, 1.54) is 0 Å². The molecule has 0 spiro atoms. The largest absolute Gasteiger partial charge is 0.493 e. The van der Waals surface area contributed by atoms with Crippen molar-refractivity contribution < 1.29 is 14.3 Å². The van der Waals surface area contributed by atoms with E-state index in [-0.39, 0.29) is 11.2 Å². The van der Waals surface area contributed by atoms with E-state index < -0.39 is 0 Å². The Morgan fingerprint density at radius 2 is 1.76 bits per heavy atom. The minimum atomic E-state index is -0.189. The first-order chi connectivity index (χ1) is 7.90. The summed E-state index contributed by atoms with van der Waals surface area (Å²) in [5.74, 6) is 1.58. The second-order valence-electron chi connectivity index (χ2n) is 4.83. The first-order valence-corrected chi connectivity index (χ1v) is 5.62. The molecule has 0 aliphatic heterocycles. The fourth-order valence-electron chi connectivity index (χ4n) is 1.98. The zero-order chi connectivity index (χ0) is 13.1. The Bertz CT molecular complexity index is 408. The number of benzene rings is 1. The average Bonchev–Trinajstić information content (AvgIpc) is 2.26. The zero-order valence-corrected chi connectivity index (χ0v) is 11.2. The summed E-state index contributed by atoms with van der Waals surface area (Å²) in [6, 6.07) is 5.78. The Morgan fingerprint density at radius 3 is 2.24 bits per heavy atom. The maximum Gasteiger partial charge on any atom is 0.161 e. The number of carbonyl (C=O) groups excluding carboxylic acids is 1. The number of ketones is 1. The number of ether oxygens (including phenoxy) is 2. The molecular weight excluding hydrogens is 216 g/mol. The van der Waals surface area contributed by atoms with E-state index >= 15 is 0 Å². The molecule has 0 bridgehead atoms. The Labute approximate surface area is 103 Å². The second kappa shape index (κ2) is 5.21. The van der Waals surface area contributed by atoms with E-state index in [1.807, 2.05) is 18.2 Å². The van der Waals surface area contributed by atoms with Crippen LogP contribution >= 0.6 is 0 Å². The predicted molar refractivity (Wildman–Crippen MR) is 67.9 cm³/mol. The smallest absolute Gasteiger partial charge is 0.161 e. The molecule has 0 aliphatic rings. The molecule has 0 radical (unpaired) electrons. The van der Waals surface area contributed by atoms with Gasteiger partial charge in [0.05, 0.1) is 14.2 Å². The lowest BCUT2D eigenvalue weighted by Crippen LogP contribution is -2.20. The van der Waals surface area contributed by atoms with Crippen molar-refractivity contribution in [3.63, 3.8) is 0 Å². The first-order valence-electron chi connectivity index (χ1n) is 5.62. The van der Waals surface area contributed by atoms with Crippen molar-refractivity contribution in [2.24, 2.45) is 0 Å². The third-order valence-electron chi connectivity index (χ3n) is 2.86. The minimum Gasteiger partial charge on any atom is -0.493 e. The average molecular weight is 236 g/mol.